The van der Waals surface area contributed by atoms with Crippen LogP contribution in [0, 0.1) is 6.92 Å². The number of allylic oxidation sites excluding steroid dienone is 4. The van der Waals surface area contributed by atoms with E-state index in [0.29, 0.717) is 0 Å². The minimum atomic E-state index is 0.760. The van der Waals surface area contributed by atoms with E-state index in [4.69, 9.17) is 0 Å². The topological polar surface area (TPSA) is 53.1 Å². The van der Waals surface area contributed by atoms with Crippen LogP contribution in [0.3, 0.4) is 0 Å². The predicted molar refractivity (Wildman–Crippen MR) is 117 cm³/mol. The predicted octanol–water partition coefficient (Wildman–Crippen LogP) is 3.69. The third kappa shape index (κ3) is 4.98. The zero-order chi connectivity index (χ0) is 19.9. The number of nitrogens with one attached hydrogen (secondary N) is 2. The van der Waals surface area contributed by atoms with Crippen LogP contribution in [0.25, 0.3) is 11.0 Å². The van der Waals surface area contributed by atoms with E-state index >= 15 is 0 Å². The number of hydrogen-bond donors (Lipinski definition) is 2. The Balaban J connectivity index is 1.82. The molecular formula is C23H31N5. The lowest BCUT2D eigenvalue weighted by atomic mass is 10.1. The normalized spacial score (nSPS) is 15.6. The molecule has 2 aromatic rings. The Morgan fingerprint density at radius 1 is 1.11 bits per heavy atom. The highest BCUT2D eigenvalue weighted by molar-refractivity contribution is 5.75. The molecule has 0 unspecified atom stereocenters. The van der Waals surface area contributed by atoms with Gasteiger partial charge in [-0.15, -0.1) is 0 Å². The number of piperazine rings is 1. The van der Waals surface area contributed by atoms with Gasteiger partial charge in [0.25, 0.3) is 0 Å². The second kappa shape index (κ2) is 9.51. The highest BCUT2D eigenvalue weighted by Crippen LogP contribution is 2.19. The van der Waals surface area contributed by atoms with Crippen LogP contribution < -0.4 is 10.6 Å². The summed E-state index contributed by atoms with van der Waals surface area (Å²) in [5.41, 5.74) is 8.07. The van der Waals surface area contributed by atoms with Gasteiger partial charge in [-0.25, -0.2) is 0 Å². The summed E-state index contributed by atoms with van der Waals surface area (Å²) >= 11 is 0. The lowest BCUT2D eigenvalue weighted by Crippen LogP contribution is -2.44. The minimum absolute atomic E-state index is 0.760. The van der Waals surface area contributed by atoms with E-state index in [9.17, 15) is 0 Å². The maximum atomic E-state index is 4.45. The molecule has 5 heteroatoms. The summed E-state index contributed by atoms with van der Waals surface area (Å²) in [5, 5.41) is 7.10. The average molecular weight is 378 g/mol. The number of hydrogen-bond acceptors (Lipinski definition) is 5. The molecule has 1 aliphatic heterocycles. The molecule has 0 amide bonds. The van der Waals surface area contributed by atoms with E-state index < -0.39 is 0 Å². The molecule has 3 rings (SSSR count). The van der Waals surface area contributed by atoms with Crippen molar-refractivity contribution in [1.82, 2.24) is 25.5 Å². The summed E-state index contributed by atoms with van der Waals surface area (Å²) in [4.78, 5) is 11.3. The molecule has 1 aliphatic rings. The van der Waals surface area contributed by atoms with Gasteiger partial charge in [-0.1, -0.05) is 17.7 Å². The third-order valence-corrected chi connectivity index (χ3v) is 4.99. The van der Waals surface area contributed by atoms with Gasteiger partial charge in [0.1, 0.15) is 0 Å². The van der Waals surface area contributed by atoms with Crippen molar-refractivity contribution in [3.63, 3.8) is 0 Å². The van der Waals surface area contributed by atoms with Crippen LogP contribution >= 0.6 is 0 Å². The number of benzene rings is 1. The van der Waals surface area contributed by atoms with Gasteiger partial charge in [-0.3, -0.25) is 9.97 Å². The molecule has 0 bridgehead atoms. The van der Waals surface area contributed by atoms with Crippen molar-refractivity contribution in [2.45, 2.75) is 34.2 Å². The minimum Gasteiger partial charge on any atom is -0.380 e. The van der Waals surface area contributed by atoms with Gasteiger partial charge in [0.2, 0.25) is 0 Å². The zero-order valence-corrected chi connectivity index (χ0v) is 17.4. The van der Waals surface area contributed by atoms with E-state index in [1.165, 1.54) is 22.4 Å². The third-order valence-electron chi connectivity index (χ3n) is 4.99. The quantitative estimate of drug-likeness (QED) is 0.752. The van der Waals surface area contributed by atoms with Crippen LogP contribution in [0.4, 0.5) is 0 Å². The maximum absolute atomic E-state index is 4.45. The number of nitrogens with zero attached hydrogens (tertiary/aromatic N) is 3. The summed E-state index contributed by atoms with van der Waals surface area (Å²) in [7, 11) is 0. The highest BCUT2D eigenvalue weighted by atomic mass is 15.2. The molecule has 2 N–H and O–H groups in total. The van der Waals surface area contributed by atoms with Crippen molar-refractivity contribution in [3.05, 3.63) is 70.8 Å². The lowest BCUT2D eigenvalue weighted by Gasteiger charge is -2.33. The first-order valence-electron chi connectivity index (χ1n) is 10.00. The molecule has 28 heavy (non-hydrogen) atoms. The summed E-state index contributed by atoms with van der Waals surface area (Å²) in [6.07, 6.45) is 10.1. The molecule has 0 spiro atoms. The summed E-state index contributed by atoms with van der Waals surface area (Å²) in [6, 6.07) is 4.26. The van der Waals surface area contributed by atoms with Crippen LogP contribution in [0.1, 0.15) is 31.9 Å². The molecule has 0 aliphatic carbocycles. The van der Waals surface area contributed by atoms with Crippen molar-refractivity contribution in [2.24, 2.45) is 0 Å². The second-order valence-electron chi connectivity index (χ2n) is 7.41. The van der Waals surface area contributed by atoms with Gasteiger partial charge in [0.15, 0.2) is 0 Å². The van der Waals surface area contributed by atoms with Crippen molar-refractivity contribution in [2.75, 3.05) is 26.2 Å². The second-order valence-corrected chi connectivity index (χ2v) is 7.41. The summed E-state index contributed by atoms with van der Waals surface area (Å²) < 4.78 is 0. The first kappa shape index (κ1) is 20.1. The first-order valence-corrected chi connectivity index (χ1v) is 10.00. The molecular weight excluding hydrogens is 346 g/mol. The molecule has 1 aromatic carbocycles. The Hall–Kier alpha value is -2.66. The first-order chi connectivity index (χ1) is 13.6. The van der Waals surface area contributed by atoms with Crippen molar-refractivity contribution in [3.8, 4) is 0 Å². The molecule has 2 heterocycles. The van der Waals surface area contributed by atoms with Crippen LogP contribution in [0.2, 0.25) is 0 Å². The van der Waals surface area contributed by atoms with Gasteiger partial charge in [0.05, 0.1) is 22.4 Å². The van der Waals surface area contributed by atoms with E-state index in [0.717, 1.165) is 49.5 Å². The largest absolute Gasteiger partial charge is 0.380 e. The van der Waals surface area contributed by atoms with Gasteiger partial charge >= 0.3 is 0 Å². The molecule has 1 fully saturated rings. The zero-order valence-electron chi connectivity index (χ0n) is 17.4. The average Bonchev–Trinajstić information content (AvgIpc) is 2.71. The molecule has 1 aromatic heterocycles. The van der Waals surface area contributed by atoms with E-state index in [-0.39, 0.29) is 0 Å². The van der Waals surface area contributed by atoms with Crippen molar-refractivity contribution >= 4 is 11.0 Å². The monoisotopic (exact) mass is 377 g/mol. The van der Waals surface area contributed by atoms with Gasteiger partial charge in [0, 0.05) is 45.1 Å². The number of aryl methyl sites for hydroxylation is 1. The molecule has 1 saturated heterocycles. The molecule has 0 radical (unpaired) electrons. The summed E-state index contributed by atoms with van der Waals surface area (Å²) in [6.45, 7) is 13.3. The van der Waals surface area contributed by atoms with Crippen molar-refractivity contribution in [1.29, 1.82) is 0 Å². The fourth-order valence-electron chi connectivity index (χ4n) is 3.40. The number of rotatable bonds is 6. The highest BCUT2D eigenvalue weighted by Gasteiger charge is 2.16. The van der Waals surface area contributed by atoms with E-state index in [2.05, 4.69) is 83.6 Å². The van der Waals surface area contributed by atoms with Gasteiger partial charge in [-0.05, 0) is 57.0 Å². The fourth-order valence-corrected chi connectivity index (χ4v) is 3.40. The number of fused-ring (bicyclic) bond motifs is 1. The SMILES string of the molecule is C/C=C(NCc1cc2nccnc2cc1C)\C(=C/C=C(C)C)N1CCNCC1. The van der Waals surface area contributed by atoms with Crippen LogP contribution in [-0.2, 0) is 6.54 Å². The fraction of sp³-hybridized carbons (Fsp3) is 0.391. The van der Waals surface area contributed by atoms with Crippen molar-refractivity contribution < 1.29 is 0 Å². The Kier molecular flexibility index (Phi) is 6.82. The Bertz CT molecular complexity index is 900. The molecule has 0 saturated carbocycles. The Morgan fingerprint density at radius 3 is 2.43 bits per heavy atom. The van der Waals surface area contributed by atoms with Crippen LogP contribution in [-0.4, -0.2) is 41.0 Å². The van der Waals surface area contributed by atoms with Crippen LogP contribution in [0.5, 0.6) is 0 Å². The molecule has 0 atom stereocenters. The number of aromatic nitrogens is 2. The smallest absolute Gasteiger partial charge is 0.0890 e. The maximum Gasteiger partial charge on any atom is 0.0890 e. The standard InChI is InChI=1S/C23H31N5/c1-5-20(23(7-6-17(2)3)28-12-10-24-11-13-28)27-16-19-15-22-21(14-18(19)4)25-8-9-26-22/h5-9,14-15,24,27H,10-13,16H2,1-4H3/b20-5+,23-7+. The Morgan fingerprint density at radius 2 is 1.79 bits per heavy atom. The van der Waals surface area contributed by atoms with Gasteiger partial charge < -0.3 is 15.5 Å². The lowest BCUT2D eigenvalue weighted by molar-refractivity contribution is 0.301. The summed E-state index contributed by atoms with van der Waals surface area (Å²) in [5.74, 6) is 0. The van der Waals surface area contributed by atoms with Crippen LogP contribution in [0.15, 0.2) is 59.7 Å². The van der Waals surface area contributed by atoms with Gasteiger partial charge in [-0.2, -0.15) is 0 Å². The Labute approximate surface area is 168 Å². The molecule has 148 valence electrons. The molecule has 5 nitrogen and oxygen atoms in total. The van der Waals surface area contributed by atoms with E-state index in [1.807, 2.05) is 0 Å². The van der Waals surface area contributed by atoms with E-state index in [1.54, 1.807) is 12.4 Å².